The number of carbonyl (C=O) groups excluding carboxylic acids is 1. The van der Waals surface area contributed by atoms with Gasteiger partial charge >= 0.3 is 0 Å². The number of sulfonamides is 1. The first-order chi connectivity index (χ1) is 11.2. The van der Waals surface area contributed by atoms with E-state index in [0.29, 0.717) is 10.7 Å². The first kappa shape index (κ1) is 18.9. The van der Waals surface area contributed by atoms with E-state index >= 15 is 0 Å². The molecule has 0 fully saturated rings. The number of likely N-dealkylation sites (N-methyl/N-ethyl adjacent to an activating group) is 1. The van der Waals surface area contributed by atoms with E-state index in [1.165, 1.54) is 31.3 Å². The molecule has 0 aromatic heterocycles. The Morgan fingerprint density at radius 2 is 1.83 bits per heavy atom. The lowest BCUT2D eigenvalue weighted by molar-refractivity contribution is -0.116. The summed E-state index contributed by atoms with van der Waals surface area (Å²) in [5.41, 5.74) is 1.63. The van der Waals surface area contributed by atoms with Crippen LogP contribution in [0.5, 0.6) is 0 Å². The summed E-state index contributed by atoms with van der Waals surface area (Å²) in [7, 11) is -2.40. The molecule has 128 valence electrons. The quantitative estimate of drug-likeness (QED) is 0.785. The molecule has 2 aromatic carbocycles. The number of anilines is 1. The number of hydrogen-bond acceptors (Lipinski definition) is 3. The maximum Gasteiger partial charge on any atom is 0.243 e. The highest BCUT2D eigenvalue weighted by atomic mass is 79.9. The van der Waals surface area contributed by atoms with Crippen LogP contribution < -0.4 is 5.32 Å². The molecule has 0 unspecified atom stereocenters. The van der Waals surface area contributed by atoms with Crippen LogP contribution in [-0.2, 0) is 14.8 Å². The Morgan fingerprint density at radius 1 is 1.21 bits per heavy atom. The molecule has 0 saturated heterocycles. The Bertz CT molecular complexity index is 854. The minimum absolute atomic E-state index is 0.0821. The number of amides is 1. The van der Waals surface area contributed by atoms with Gasteiger partial charge in [-0.05, 0) is 64.8 Å². The highest BCUT2D eigenvalue weighted by molar-refractivity contribution is 9.10. The summed E-state index contributed by atoms with van der Waals surface area (Å²) in [6.07, 6.45) is 0. The van der Waals surface area contributed by atoms with Crippen molar-refractivity contribution in [2.45, 2.75) is 11.8 Å². The monoisotopic (exact) mass is 430 g/mol. The average Bonchev–Trinajstić information content (AvgIpc) is 2.50. The minimum atomic E-state index is -3.76. The van der Waals surface area contributed by atoms with Crippen LogP contribution in [0.15, 0.2) is 51.8 Å². The summed E-state index contributed by atoms with van der Waals surface area (Å²) in [6, 6.07) is 11.3. The standard InChI is InChI=1S/C16H16BrClN2O3S/c1-11-3-8-15(14(17)9-11)19-16(21)10-20(2)24(22,23)13-6-4-12(18)5-7-13/h3-9H,10H2,1-2H3,(H,19,21). The van der Waals surface area contributed by atoms with Crippen molar-refractivity contribution < 1.29 is 13.2 Å². The van der Waals surface area contributed by atoms with E-state index in [-0.39, 0.29) is 11.4 Å². The molecule has 5 nitrogen and oxygen atoms in total. The van der Waals surface area contributed by atoms with Gasteiger partial charge in [-0.15, -0.1) is 0 Å². The highest BCUT2D eigenvalue weighted by Gasteiger charge is 2.23. The second kappa shape index (κ2) is 7.65. The molecule has 2 rings (SSSR count). The van der Waals surface area contributed by atoms with Crippen LogP contribution in [0.4, 0.5) is 5.69 Å². The third-order valence-corrected chi connectivity index (χ3v) is 6.01. The van der Waals surface area contributed by atoms with Gasteiger partial charge in [0.2, 0.25) is 15.9 Å². The van der Waals surface area contributed by atoms with Gasteiger partial charge in [-0.25, -0.2) is 8.42 Å². The van der Waals surface area contributed by atoms with Gasteiger partial charge in [0.15, 0.2) is 0 Å². The minimum Gasteiger partial charge on any atom is -0.324 e. The molecular formula is C16H16BrClN2O3S. The van der Waals surface area contributed by atoms with Gasteiger partial charge in [0.25, 0.3) is 0 Å². The van der Waals surface area contributed by atoms with Gasteiger partial charge in [0.1, 0.15) is 0 Å². The first-order valence-corrected chi connectivity index (χ1v) is 9.59. The first-order valence-electron chi connectivity index (χ1n) is 6.98. The van der Waals surface area contributed by atoms with Crippen LogP contribution >= 0.6 is 27.5 Å². The molecule has 0 spiro atoms. The number of benzene rings is 2. The van der Waals surface area contributed by atoms with Crippen LogP contribution in [-0.4, -0.2) is 32.2 Å². The van der Waals surface area contributed by atoms with E-state index in [1.54, 1.807) is 6.07 Å². The lowest BCUT2D eigenvalue weighted by atomic mass is 10.2. The Kier molecular flexibility index (Phi) is 6.03. The number of halogens is 2. The largest absolute Gasteiger partial charge is 0.324 e. The Balaban J connectivity index is 2.09. The summed E-state index contributed by atoms with van der Waals surface area (Å²) >= 11 is 9.13. The van der Waals surface area contributed by atoms with Crippen molar-refractivity contribution in [1.82, 2.24) is 4.31 Å². The fourth-order valence-corrected chi connectivity index (χ4v) is 3.83. The normalized spacial score (nSPS) is 11.5. The fourth-order valence-electron chi connectivity index (χ4n) is 1.98. The van der Waals surface area contributed by atoms with E-state index < -0.39 is 15.9 Å². The van der Waals surface area contributed by atoms with Gasteiger partial charge in [-0.3, -0.25) is 4.79 Å². The average molecular weight is 432 g/mol. The molecule has 2 aromatic rings. The lowest BCUT2D eigenvalue weighted by Crippen LogP contribution is -2.35. The molecule has 24 heavy (non-hydrogen) atoms. The molecule has 0 atom stereocenters. The molecular weight excluding hydrogens is 416 g/mol. The van der Waals surface area contributed by atoms with E-state index in [2.05, 4.69) is 21.2 Å². The summed E-state index contributed by atoms with van der Waals surface area (Å²) in [5.74, 6) is -0.431. The van der Waals surface area contributed by atoms with E-state index in [1.807, 2.05) is 19.1 Å². The van der Waals surface area contributed by atoms with Crippen LogP contribution in [0.25, 0.3) is 0 Å². The topological polar surface area (TPSA) is 66.5 Å². The Hall–Kier alpha value is -1.41. The SMILES string of the molecule is Cc1ccc(NC(=O)CN(C)S(=O)(=O)c2ccc(Cl)cc2)c(Br)c1. The van der Waals surface area contributed by atoms with Gasteiger partial charge in [-0.1, -0.05) is 17.7 Å². The highest BCUT2D eigenvalue weighted by Crippen LogP contribution is 2.23. The zero-order valence-electron chi connectivity index (χ0n) is 13.1. The number of carbonyl (C=O) groups is 1. The summed E-state index contributed by atoms with van der Waals surface area (Å²) in [6.45, 7) is 1.63. The van der Waals surface area contributed by atoms with Crippen LogP contribution in [0.2, 0.25) is 5.02 Å². The van der Waals surface area contributed by atoms with Crippen LogP contribution in [0.3, 0.4) is 0 Å². The van der Waals surface area contributed by atoms with Crippen molar-refractivity contribution in [1.29, 1.82) is 0 Å². The van der Waals surface area contributed by atoms with Crippen LogP contribution in [0, 0.1) is 6.92 Å². The van der Waals surface area contributed by atoms with Crippen molar-refractivity contribution in [2.24, 2.45) is 0 Å². The lowest BCUT2D eigenvalue weighted by Gasteiger charge is -2.17. The maximum absolute atomic E-state index is 12.4. The van der Waals surface area contributed by atoms with Crippen molar-refractivity contribution >= 4 is 49.1 Å². The Labute approximate surface area is 154 Å². The molecule has 0 saturated carbocycles. The number of aryl methyl sites for hydroxylation is 1. The summed E-state index contributed by atoms with van der Waals surface area (Å²) in [5, 5.41) is 3.13. The van der Waals surface area contributed by atoms with Crippen molar-refractivity contribution in [2.75, 3.05) is 18.9 Å². The maximum atomic E-state index is 12.4. The number of nitrogens with one attached hydrogen (secondary N) is 1. The third kappa shape index (κ3) is 4.57. The molecule has 0 aliphatic rings. The summed E-state index contributed by atoms with van der Waals surface area (Å²) < 4.78 is 26.6. The molecule has 0 heterocycles. The zero-order chi connectivity index (χ0) is 17.9. The van der Waals surface area contributed by atoms with E-state index in [9.17, 15) is 13.2 Å². The Morgan fingerprint density at radius 3 is 2.42 bits per heavy atom. The molecule has 8 heteroatoms. The number of rotatable bonds is 5. The molecule has 0 aliphatic carbocycles. The second-order valence-corrected chi connectivity index (χ2v) is 8.58. The smallest absolute Gasteiger partial charge is 0.243 e. The second-order valence-electron chi connectivity index (χ2n) is 5.25. The van der Waals surface area contributed by atoms with Crippen molar-refractivity contribution in [3.63, 3.8) is 0 Å². The number of hydrogen-bond donors (Lipinski definition) is 1. The van der Waals surface area contributed by atoms with Gasteiger partial charge in [0, 0.05) is 16.5 Å². The molecule has 0 radical (unpaired) electrons. The predicted molar refractivity (Wildman–Crippen MR) is 98.8 cm³/mol. The third-order valence-electron chi connectivity index (χ3n) is 3.29. The molecule has 1 amide bonds. The summed E-state index contributed by atoms with van der Waals surface area (Å²) in [4.78, 5) is 12.2. The predicted octanol–water partition coefficient (Wildman–Crippen LogP) is 3.67. The molecule has 1 N–H and O–H groups in total. The van der Waals surface area contributed by atoms with E-state index in [0.717, 1.165) is 14.3 Å². The van der Waals surface area contributed by atoms with Crippen molar-refractivity contribution in [3.8, 4) is 0 Å². The van der Waals surface area contributed by atoms with Gasteiger partial charge in [0.05, 0.1) is 17.1 Å². The van der Waals surface area contributed by atoms with Crippen LogP contribution in [0.1, 0.15) is 5.56 Å². The van der Waals surface area contributed by atoms with Gasteiger partial charge < -0.3 is 5.32 Å². The van der Waals surface area contributed by atoms with E-state index in [4.69, 9.17) is 11.6 Å². The molecule has 0 aliphatic heterocycles. The number of nitrogens with zero attached hydrogens (tertiary/aromatic N) is 1. The zero-order valence-corrected chi connectivity index (χ0v) is 16.2. The fraction of sp³-hybridized carbons (Fsp3) is 0.188. The van der Waals surface area contributed by atoms with Crippen molar-refractivity contribution in [3.05, 3.63) is 57.5 Å². The van der Waals surface area contributed by atoms with Gasteiger partial charge in [-0.2, -0.15) is 4.31 Å². The molecule has 0 bridgehead atoms.